The van der Waals surface area contributed by atoms with Gasteiger partial charge in [0.1, 0.15) is 46.0 Å². The number of hydrogen-bond donors (Lipinski definition) is 2. The minimum absolute atomic E-state index is 0.0327. The molecule has 0 spiro atoms. The van der Waals surface area contributed by atoms with Gasteiger partial charge in [0.25, 0.3) is 11.8 Å². The molecule has 2 atom stereocenters. The Bertz CT molecular complexity index is 1420. The van der Waals surface area contributed by atoms with Gasteiger partial charge in [-0.3, -0.25) is 14.5 Å². The van der Waals surface area contributed by atoms with Gasteiger partial charge >= 0.3 is 5.97 Å². The van der Waals surface area contributed by atoms with Crippen molar-refractivity contribution in [2.45, 2.75) is 36.2 Å². The molecule has 1 aromatic carbocycles. The third kappa shape index (κ3) is 5.92. The number of fused-ring (bicyclic) bond motifs is 1. The first-order chi connectivity index (χ1) is 18.8. The molecule has 39 heavy (non-hydrogen) atoms. The van der Waals surface area contributed by atoms with E-state index in [1.54, 1.807) is 30.3 Å². The number of rotatable bonds is 11. The molecule has 0 radical (unpaired) electrons. The van der Waals surface area contributed by atoms with E-state index >= 15 is 0 Å². The molecule has 5 rings (SSSR count). The highest BCUT2D eigenvalue weighted by atomic mass is 32.2. The summed E-state index contributed by atoms with van der Waals surface area (Å²) < 4.78 is 17.5. The van der Waals surface area contributed by atoms with Crippen LogP contribution in [0.15, 0.2) is 56.4 Å². The lowest BCUT2D eigenvalue weighted by Gasteiger charge is -2.49. The van der Waals surface area contributed by atoms with Crippen LogP contribution in [0.5, 0.6) is 11.5 Å². The molecule has 4 heterocycles. The SMILES string of the molecule is CCOc1ccc(OCc2ccc(C(=O)N[C@H]3C(=O)N4C(C(=O)O)=C(CSc5nnc(C)s5)CS[C@H]34)o2)cc1. The van der Waals surface area contributed by atoms with E-state index in [1.807, 2.05) is 13.8 Å². The molecule has 1 fully saturated rings. The Morgan fingerprint density at radius 3 is 2.59 bits per heavy atom. The zero-order chi connectivity index (χ0) is 27.5. The number of carbonyl (C=O) groups excluding carboxylic acids is 2. The van der Waals surface area contributed by atoms with Crippen molar-refractivity contribution in [3.63, 3.8) is 0 Å². The van der Waals surface area contributed by atoms with Crippen molar-refractivity contribution in [1.29, 1.82) is 0 Å². The largest absolute Gasteiger partial charge is 0.494 e. The van der Waals surface area contributed by atoms with Crippen molar-refractivity contribution < 1.29 is 33.4 Å². The number of furan rings is 1. The zero-order valence-corrected chi connectivity index (χ0v) is 23.4. The van der Waals surface area contributed by atoms with E-state index in [0.29, 0.717) is 35.2 Å². The normalized spacial score (nSPS) is 18.4. The third-order valence-electron chi connectivity index (χ3n) is 5.82. The van der Waals surface area contributed by atoms with Gasteiger partial charge in [-0.15, -0.1) is 22.0 Å². The van der Waals surface area contributed by atoms with Crippen LogP contribution in [0.1, 0.15) is 28.2 Å². The highest BCUT2D eigenvalue weighted by Crippen LogP contribution is 2.42. The summed E-state index contributed by atoms with van der Waals surface area (Å²) in [5.74, 6) is 0.418. The predicted octanol–water partition coefficient (Wildman–Crippen LogP) is 3.56. The number of carboxylic acid groups (broad SMARTS) is 1. The Morgan fingerprint density at radius 1 is 1.18 bits per heavy atom. The molecule has 204 valence electrons. The monoisotopic (exact) mass is 588 g/mol. The number of thioether (sulfide) groups is 2. The second kappa shape index (κ2) is 11.7. The summed E-state index contributed by atoms with van der Waals surface area (Å²) in [4.78, 5) is 39.1. The molecule has 0 unspecified atom stereocenters. The molecule has 2 aliphatic rings. The molecular formula is C25H24N4O7S3. The molecule has 2 aliphatic heterocycles. The molecule has 14 heteroatoms. The van der Waals surface area contributed by atoms with Gasteiger partial charge in [0.15, 0.2) is 10.1 Å². The summed E-state index contributed by atoms with van der Waals surface area (Å²) in [6.07, 6.45) is 0. The number of aliphatic carboxylic acids is 1. The standard InChI is InChI=1S/C25H24N4O7S3/c1-3-34-15-4-6-16(7-5-15)35-10-17-8-9-18(36-17)21(30)26-19-22(31)29-20(24(32)33)14(11-37-23(19)29)12-38-25-28-27-13(2)39-25/h4-9,19,23H,3,10-12H2,1-2H3,(H,26,30)(H,32,33)/t19-,23+/m0/s1. The lowest BCUT2D eigenvalue weighted by molar-refractivity contribution is -0.148. The summed E-state index contributed by atoms with van der Waals surface area (Å²) >= 11 is 4.23. The van der Waals surface area contributed by atoms with E-state index in [-0.39, 0.29) is 18.1 Å². The fourth-order valence-corrected chi connectivity index (χ4v) is 7.32. The van der Waals surface area contributed by atoms with Crippen LogP contribution in [-0.2, 0) is 16.2 Å². The molecule has 0 saturated carbocycles. The van der Waals surface area contributed by atoms with Crippen LogP contribution in [0.25, 0.3) is 0 Å². The van der Waals surface area contributed by atoms with Gasteiger partial charge in [-0.05, 0) is 55.8 Å². The first-order valence-corrected chi connectivity index (χ1v) is 14.8. The van der Waals surface area contributed by atoms with E-state index in [0.717, 1.165) is 15.1 Å². The van der Waals surface area contributed by atoms with E-state index < -0.39 is 29.2 Å². The molecule has 2 N–H and O–H groups in total. The van der Waals surface area contributed by atoms with E-state index in [4.69, 9.17) is 13.9 Å². The van der Waals surface area contributed by atoms with Crippen molar-refractivity contribution in [2.75, 3.05) is 18.1 Å². The maximum Gasteiger partial charge on any atom is 0.352 e. The van der Waals surface area contributed by atoms with Crippen molar-refractivity contribution in [1.82, 2.24) is 20.4 Å². The van der Waals surface area contributed by atoms with Crippen LogP contribution in [0, 0.1) is 6.92 Å². The number of carboxylic acids is 1. The molecule has 0 bridgehead atoms. The number of amides is 2. The number of nitrogens with zero attached hydrogens (tertiary/aromatic N) is 3. The van der Waals surface area contributed by atoms with Gasteiger partial charge in [0.2, 0.25) is 0 Å². The van der Waals surface area contributed by atoms with Gasteiger partial charge in [0, 0.05) is 11.5 Å². The minimum atomic E-state index is -1.18. The number of aryl methyl sites for hydroxylation is 1. The van der Waals surface area contributed by atoms with Crippen LogP contribution < -0.4 is 14.8 Å². The number of nitrogens with one attached hydrogen (secondary N) is 1. The number of aromatic nitrogens is 2. The fraction of sp³-hybridized carbons (Fsp3) is 0.320. The van der Waals surface area contributed by atoms with Crippen LogP contribution in [0.2, 0.25) is 0 Å². The first-order valence-electron chi connectivity index (χ1n) is 11.9. The van der Waals surface area contributed by atoms with E-state index in [1.165, 1.54) is 45.8 Å². The highest BCUT2D eigenvalue weighted by Gasteiger charge is 2.54. The zero-order valence-electron chi connectivity index (χ0n) is 20.9. The van der Waals surface area contributed by atoms with E-state index in [9.17, 15) is 19.5 Å². The van der Waals surface area contributed by atoms with Gasteiger partial charge in [-0.2, -0.15) is 0 Å². The quantitative estimate of drug-likeness (QED) is 0.251. The van der Waals surface area contributed by atoms with Crippen LogP contribution in [0.3, 0.4) is 0 Å². The van der Waals surface area contributed by atoms with Crippen LogP contribution >= 0.6 is 34.9 Å². The molecule has 11 nitrogen and oxygen atoms in total. The van der Waals surface area contributed by atoms with Crippen molar-refractivity contribution in [3.05, 3.63) is 64.2 Å². The summed E-state index contributed by atoms with van der Waals surface area (Å²) in [7, 11) is 0. The lowest BCUT2D eigenvalue weighted by Crippen LogP contribution is -2.70. The van der Waals surface area contributed by atoms with Crippen LogP contribution in [0.4, 0.5) is 0 Å². The van der Waals surface area contributed by atoms with Gasteiger partial charge in [-0.25, -0.2) is 4.79 Å². The first kappa shape index (κ1) is 27.1. The van der Waals surface area contributed by atoms with Crippen molar-refractivity contribution >= 4 is 52.6 Å². The van der Waals surface area contributed by atoms with Gasteiger partial charge in [-0.1, -0.05) is 23.1 Å². The average molecular weight is 589 g/mol. The Balaban J connectivity index is 1.18. The van der Waals surface area contributed by atoms with Gasteiger partial charge < -0.3 is 24.3 Å². The molecule has 1 saturated heterocycles. The second-order valence-electron chi connectivity index (χ2n) is 8.45. The molecule has 0 aliphatic carbocycles. The Hall–Kier alpha value is -3.49. The number of benzene rings is 1. The summed E-state index contributed by atoms with van der Waals surface area (Å²) in [6, 6.07) is 9.43. The number of ether oxygens (including phenoxy) is 2. The maximum absolute atomic E-state index is 12.9. The topological polar surface area (TPSA) is 144 Å². The fourth-order valence-electron chi connectivity index (χ4n) is 4.02. The average Bonchev–Trinajstić information content (AvgIpc) is 3.58. The molecular weight excluding hydrogens is 564 g/mol. The van der Waals surface area contributed by atoms with Crippen molar-refractivity contribution in [2.24, 2.45) is 0 Å². The van der Waals surface area contributed by atoms with Crippen molar-refractivity contribution in [3.8, 4) is 11.5 Å². The van der Waals surface area contributed by atoms with E-state index in [2.05, 4.69) is 15.5 Å². The number of hydrogen-bond acceptors (Lipinski definition) is 11. The smallest absolute Gasteiger partial charge is 0.352 e. The third-order valence-corrected chi connectivity index (χ3v) is 9.21. The second-order valence-corrected chi connectivity index (χ2v) is 12.0. The molecule has 2 amide bonds. The molecule has 2 aromatic heterocycles. The number of β-lactam (4-membered cyclic amide) rings is 1. The minimum Gasteiger partial charge on any atom is -0.494 e. The highest BCUT2D eigenvalue weighted by molar-refractivity contribution is 8.01. The van der Waals surface area contributed by atoms with Crippen LogP contribution in [-0.4, -0.2) is 67.5 Å². The molecule has 3 aromatic rings. The lowest BCUT2D eigenvalue weighted by atomic mass is 10.0. The summed E-state index contributed by atoms with van der Waals surface area (Å²) in [5, 5.41) is 20.9. The van der Waals surface area contributed by atoms with Gasteiger partial charge in [0.05, 0.1) is 6.61 Å². The maximum atomic E-state index is 12.9. The summed E-state index contributed by atoms with van der Waals surface area (Å²) in [5.41, 5.74) is 0.595. The Labute approximate surface area is 235 Å². The predicted molar refractivity (Wildman–Crippen MR) is 145 cm³/mol. The Morgan fingerprint density at radius 2 is 1.92 bits per heavy atom. The summed E-state index contributed by atoms with van der Waals surface area (Å²) in [6.45, 7) is 4.44. The Kier molecular flexibility index (Phi) is 8.14. The number of carbonyl (C=O) groups is 3.